The van der Waals surface area contributed by atoms with Gasteiger partial charge in [-0.25, -0.2) is 0 Å². The minimum atomic E-state index is -0.326. The van der Waals surface area contributed by atoms with Crippen molar-refractivity contribution in [1.82, 2.24) is 10.3 Å². The molecule has 1 heterocycles. The van der Waals surface area contributed by atoms with Crippen molar-refractivity contribution in [3.05, 3.63) is 59.9 Å². The molecule has 4 heteroatoms. The number of nitrogens with one attached hydrogen (secondary N) is 1. The van der Waals surface area contributed by atoms with Crippen molar-refractivity contribution in [3.8, 4) is 6.07 Å². The lowest BCUT2D eigenvalue weighted by molar-refractivity contribution is 0.621. The maximum Gasteiger partial charge on any atom is 0.121 e. The summed E-state index contributed by atoms with van der Waals surface area (Å²) in [6, 6.07) is 15.7. The van der Waals surface area contributed by atoms with Crippen LogP contribution in [0, 0.1) is 11.3 Å². The van der Waals surface area contributed by atoms with Crippen LogP contribution in [0.4, 0.5) is 5.69 Å². The highest BCUT2D eigenvalue weighted by Crippen LogP contribution is 2.17. The molecule has 0 aliphatic carbocycles. The molecule has 0 fully saturated rings. The van der Waals surface area contributed by atoms with Gasteiger partial charge in [-0.1, -0.05) is 18.2 Å². The van der Waals surface area contributed by atoms with E-state index in [1.807, 2.05) is 61.5 Å². The Morgan fingerprint density at radius 2 is 1.95 bits per heavy atom. The lowest BCUT2D eigenvalue weighted by Gasteiger charge is -2.15. The number of pyridine rings is 1. The Kier molecular flexibility index (Phi) is 4.70. The Bertz CT molecular complexity index is 570. The number of rotatable bonds is 5. The van der Waals surface area contributed by atoms with Gasteiger partial charge in [-0.05, 0) is 29.8 Å². The van der Waals surface area contributed by atoms with Gasteiger partial charge in [-0.3, -0.25) is 10.3 Å². The third-order valence-corrected chi connectivity index (χ3v) is 3.09. The van der Waals surface area contributed by atoms with Crippen LogP contribution in [0.3, 0.4) is 0 Å². The molecule has 1 aromatic heterocycles. The molecule has 0 amide bonds. The molecule has 0 aliphatic rings. The van der Waals surface area contributed by atoms with Gasteiger partial charge in [0.1, 0.15) is 6.04 Å². The van der Waals surface area contributed by atoms with Crippen LogP contribution < -0.4 is 10.2 Å². The van der Waals surface area contributed by atoms with E-state index in [1.54, 1.807) is 6.20 Å². The van der Waals surface area contributed by atoms with Crippen molar-refractivity contribution in [3.63, 3.8) is 0 Å². The highest BCUT2D eigenvalue weighted by molar-refractivity contribution is 5.47. The highest BCUT2D eigenvalue weighted by Gasteiger charge is 2.10. The molecular weight excluding hydrogens is 248 g/mol. The van der Waals surface area contributed by atoms with Gasteiger partial charge in [0.2, 0.25) is 0 Å². The number of nitrogens with zero attached hydrogens (tertiary/aromatic N) is 3. The molecular formula is C16H18N4. The molecule has 1 N–H and O–H groups in total. The summed E-state index contributed by atoms with van der Waals surface area (Å²) in [6.07, 6.45) is 1.75. The van der Waals surface area contributed by atoms with Crippen LogP contribution in [0.25, 0.3) is 0 Å². The van der Waals surface area contributed by atoms with E-state index in [1.165, 1.54) is 0 Å². The molecule has 0 saturated carbocycles. The van der Waals surface area contributed by atoms with Crippen molar-refractivity contribution in [2.45, 2.75) is 12.6 Å². The van der Waals surface area contributed by atoms with E-state index in [-0.39, 0.29) is 6.04 Å². The normalized spacial score (nSPS) is 11.7. The topological polar surface area (TPSA) is 52.0 Å². The lowest BCUT2D eigenvalue weighted by Crippen LogP contribution is -2.20. The van der Waals surface area contributed by atoms with Crippen molar-refractivity contribution in [1.29, 1.82) is 5.26 Å². The van der Waals surface area contributed by atoms with E-state index in [4.69, 9.17) is 0 Å². The zero-order valence-corrected chi connectivity index (χ0v) is 11.7. The Hall–Kier alpha value is -2.38. The third kappa shape index (κ3) is 3.56. The maximum absolute atomic E-state index is 9.29. The quantitative estimate of drug-likeness (QED) is 0.903. The number of hydrogen-bond donors (Lipinski definition) is 1. The van der Waals surface area contributed by atoms with Gasteiger partial charge in [-0.15, -0.1) is 0 Å². The van der Waals surface area contributed by atoms with Crippen molar-refractivity contribution in [2.75, 3.05) is 19.0 Å². The minimum Gasteiger partial charge on any atom is -0.378 e. The van der Waals surface area contributed by atoms with Crippen LogP contribution in [0.15, 0.2) is 48.7 Å². The van der Waals surface area contributed by atoms with Crippen molar-refractivity contribution < 1.29 is 0 Å². The molecule has 4 nitrogen and oxygen atoms in total. The van der Waals surface area contributed by atoms with Crippen LogP contribution >= 0.6 is 0 Å². The summed E-state index contributed by atoms with van der Waals surface area (Å²) in [5.74, 6) is 0. The van der Waals surface area contributed by atoms with E-state index in [0.29, 0.717) is 6.54 Å². The van der Waals surface area contributed by atoms with E-state index in [0.717, 1.165) is 16.9 Å². The molecule has 1 aromatic carbocycles. The molecule has 1 unspecified atom stereocenters. The SMILES string of the molecule is CN(C)c1ccc(C(C#N)NCc2ccccn2)cc1. The van der Waals surface area contributed by atoms with Crippen LogP contribution in [0.5, 0.6) is 0 Å². The summed E-state index contributed by atoms with van der Waals surface area (Å²) in [5, 5.41) is 12.5. The van der Waals surface area contributed by atoms with Gasteiger partial charge in [0.05, 0.1) is 11.8 Å². The van der Waals surface area contributed by atoms with Crippen LogP contribution in [0.2, 0.25) is 0 Å². The molecule has 0 bridgehead atoms. The van der Waals surface area contributed by atoms with E-state index >= 15 is 0 Å². The fourth-order valence-electron chi connectivity index (χ4n) is 1.91. The monoisotopic (exact) mass is 266 g/mol. The summed E-state index contributed by atoms with van der Waals surface area (Å²) in [7, 11) is 3.99. The van der Waals surface area contributed by atoms with Gasteiger partial charge < -0.3 is 4.90 Å². The summed E-state index contributed by atoms with van der Waals surface area (Å²) >= 11 is 0. The van der Waals surface area contributed by atoms with Crippen LogP contribution in [-0.4, -0.2) is 19.1 Å². The maximum atomic E-state index is 9.29. The number of aromatic nitrogens is 1. The summed E-state index contributed by atoms with van der Waals surface area (Å²) in [5.41, 5.74) is 3.02. The Balaban J connectivity index is 2.03. The fraction of sp³-hybridized carbons (Fsp3) is 0.250. The first-order valence-corrected chi connectivity index (χ1v) is 6.51. The first-order chi connectivity index (χ1) is 9.70. The highest BCUT2D eigenvalue weighted by atomic mass is 15.1. The molecule has 2 aromatic rings. The largest absolute Gasteiger partial charge is 0.378 e. The Morgan fingerprint density at radius 3 is 2.50 bits per heavy atom. The molecule has 102 valence electrons. The Labute approximate surface area is 119 Å². The first kappa shape index (κ1) is 14.0. The predicted molar refractivity (Wildman–Crippen MR) is 80.2 cm³/mol. The second kappa shape index (κ2) is 6.69. The number of nitriles is 1. The zero-order valence-electron chi connectivity index (χ0n) is 11.7. The first-order valence-electron chi connectivity index (χ1n) is 6.51. The number of hydrogen-bond acceptors (Lipinski definition) is 4. The summed E-state index contributed by atoms with van der Waals surface area (Å²) in [4.78, 5) is 6.27. The van der Waals surface area contributed by atoms with Gasteiger partial charge in [-0.2, -0.15) is 5.26 Å². The van der Waals surface area contributed by atoms with Gasteiger partial charge in [0.15, 0.2) is 0 Å². The molecule has 0 aliphatic heterocycles. The molecule has 1 atom stereocenters. The van der Waals surface area contributed by atoms with Crippen molar-refractivity contribution in [2.24, 2.45) is 0 Å². The van der Waals surface area contributed by atoms with E-state index < -0.39 is 0 Å². The molecule has 0 saturated heterocycles. The van der Waals surface area contributed by atoms with E-state index in [9.17, 15) is 5.26 Å². The predicted octanol–water partition coefficient (Wildman–Crippen LogP) is 2.50. The zero-order chi connectivity index (χ0) is 14.4. The molecule has 20 heavy (non-hydrogen) atoms. The Morgan fingerprint density at radius 1 is 1.20 bits per heavy atom. The fourth-order valence-corrected chi connectivity index (χ4v) is 1.91. The summed E-state index contributed by atoms with van der Waals surface area (Å²) < 4.78 is 0. The average molecular weight is 266 g/mol. The smallest absolute Gasteiger partial charge is 0.121 e. The van der Waals surface area contributed by atoms with E-state index in [2.05, 4.69) is 16.4 Å². The molecule has 0 spiro atoms. The molecule has 0 radical (unpaired) electrons. The van der Waals surface area contributed by atoms with Crippen LogP contribution in [-0.2, 0) is 6.54 Å². The minimum absolute atomic E-state index is 0.326. The second-order valence-corrected chi connectivity index (χ2v) is 4.75. The van der Waals surface area contributed by atoms with Gasteiger partial charge in [0, 0.05) is 32.5 Å². The lowest BCUT2D eigenvalue weighted by atomic mass is 10.1. The number of benzene rings is 1. The number of anilines is 1. The standard InChI is InChI=1S/C16H18N4/c1-20(2)15-8-6-13(7-9-15)16(11-17)19-12-14-5-3-4-10-18-14/h3-10,16,19H,12H2,1-2H3. The van der Waals surface area contributed by atoms with Crippen molar-refractivity contribution >= 4 is 5.69 Å². The molecule has 2 rings (SSSR count). The average Bonchev–Trinajstić information content (AvgIpc) is 2.49. The second-order valence-electron chi connectivity index (χ2n) is 4.75. The van der Waals surface area contributed by atoms with Gasteiger partial charge >= 0.3 is 0 Å². The van der Waals surface area contributed by atoms with Gasteiger partial charge in [0.25, 0.3) is 0 Å². The van der Waals surface area contributed by atoms with Crippen LogP contribution in [0.1, 0.15) is 17.3 Å². The third-order valence-electron chi connectivity index (χ3n) is 3.09. The summed E-state index contributed by atoms with van der Waals surface area (Å²) in [6.45, 7) is 0.578.